The Hall–Kier alpha value is -1.35. The summed E-state index contributed by atoms with van der Waals surface area (Å²) in [5, 5.41) is 0. The minimum atomic E-state index is 1.04. The van der Waals surface area contributed by atoms with Gasteiger partial charge < -0.3 is 9.80 Å². The van der Waals surface area contributed by atoms with Crippen molar-refractivity contribution in [2.45, 2.75) is 96.8 Å². The van der Waals surface area contributed by atoms with E-state index in [0.29, 0.717) is 0 Å². The third kappa shape index (κ3) is 11.7. The van der Waals surface area contributed by atoms with E-state index in [9.17, 15) is 0 Å². The van der Waals surface area contributed by atoms with Crippen molar-refractivity contribution in [3.05, 3.63) is 60.3 Å². The Balaban J connectivity index is 1.57. The first kappa shape index (κ1) is 25.9. The van der Waals surface area contributed by atoms with Crippen LogP contribution >= 0.6 is 12.6 Å². The predicted octanol–water partition coefficient (Wildman–Crippen LogP) is 8.38. The summed E-state index contributed by atoms with van der Waals surface area (Å²) in [7, 11) is 0. The molecule has 174 valence electrons. The summed E-state index contributed by atoms with van der Waals surface area (Å²) in [5.74, 6) is 1.04. The second-order valence-corrected chi connectivity index (χ2v) is 9.42. The molecular weight excluding hydrogens is 396 g/mol. The lowest BCUT2D eigenvalue weighted by Gasteiger charge is -2.22. The van der Waals surface area contributed by atoms with Crippen molar-refractivity contribution >= 4 is 12.6 Å². The first-order chi connectivity index (χ1) is 15.3. The molecule has 0 fully saturated rings. The lowest BCUT2D eigenvalue weighted by Crippen LogP contribution is -2.15. The maximum Gasteiger partial charge on any atom is 0.0219 e. The number of unbranched alkanes of at least 4 members (excludes halogenated alkanes) is 12. The molecule has 2 rings (SSSR count). The number of allylic oxidation sites excluding steroid dienone is 6. The van der Waals surface area contributed by atoms with Gasteiger partial charge in [-0.25, -0.2) is 0 Å². The molecule has 3 heteroatoms. The van der Waals surface area contributed by atoms with E-state index in [1.54, 1.807) is 0 Å². The Labute approximate surface area is 198 Å². The van der Waals surface area contributed by atoms with E-state index < -0.39 is 0 Å². The number of hydrogen-bond donors (Lipinski definition) is 1. The first-order valence-electron chi connectivity index (χ1n) is 12.9. The van der Waals surface area contributed by atoms with Crippen molar-refractivity contribution in [2.24, 2.45) is 0 Å². The van der Waals surface area contributed by atoms with E-state index in [-0.39, 0.29) is 0 Å². The van der Waals surface area contributed by atoms with Gasteiger partial charge in [-0.15, -0.1) is 0 Å². The zero-order chi connectivity index (χ0) is 22.0. The van der Waals surface area contributed by atoms with Gasteiger partial charge in [0.15, 0.2) is 0 Å². The molecule has 2 heterocycles. The quantitative estimate of drug-likeness (QED) is 0.178. The second-order valence-electron chi connectivity index (χ2n) is 8.97. The lowest BCUT2D eigenvalue weighted by molar-refractivity contribution is 0.461. The van der Waals surface area contributed by atoms with Gasteiger partial charge >= 0.3 is 0 Å². The summed E-state index contributed by atoms with van der Waals surface area (Å²) in [6.45, 7) is 4.55. The van der Waals surface area contributed by atoms with E-state index >= 15 is 0 Å². The molecule has 2 nitrogen and oxygen atoms in total. The number of thiol groups is 1. The average molecular weight is 443 g/mol. The highest BCUT2D eigenvalue weighted by Crippen LogP contribution is 2.20. The van der Waals surface area contributed by atoms with Crippen molar-refractivity contribution in [3.8, 4) is 0 Å². The van der Waals surface area contributed by atoms with Gasteiger partial charge in [-0.05, 0) is 60.5 Å². The highest BCUT2D eigenvalue weighted by atomic mass is 32.1. The Morgan fingerprint density at radius 3 is 1.26 bits per heavy atom. The predicted molar refractivity (Wildman–Crippen MR) is 141 cm³/mol. The Morgan fingerprint density at radius 2 is 0.871 bits per heavy atom. The molecule has 0 aromatic rings. The van der Waals surface area contributed by atoms with Crippen LogP contribution in [0.1, 0.15) is 96.8 Å². The highest BCUT2D eigenvalue weighted by molar-refractivity contribution is 7.80. The fourth-order valence-electron chi connectivity index (χ4n) is 4.14. The molecule has 0 aromatic heterocycles. The summed E-state index contributed by atoms with van der Waals surface area (Å²) in [6.07, 6.45) is 36.9. The van der Waals surface area contributed by atoms with Crippen LogP contribution in [0.15, 0.2) is 60.3 Å². The molecule has 0 spiro atoms. The Bertz CT molecular complexity index is 583. The van der Waals surface area contributed by atoms with Crippen LogP contribution in [-0.2, 0) is 0 Å². The van der Waals surface area contributed by atoms with Crippen molar-refractivity contribution in [1.29, 1.82) is 0 Å². The molecule has 0 unspecified atom stereocenters. The van der Waals surface area contributed by atoms with Crippen molar-refractivity contribution in [1.82, 2.24) is 9.80 Å². The number of nitrogens with zero attached hydrogens (tertiary/aromatic N) is 2. The van der Waals surface area contributed by atoms with Crippen LogP contribution in [0.5, 0.6) is 0 Å². The third-order valence-electron chi connectivity index (χ3n) is 6.21. The SMILES string of the molecule is CCCCCCCCN1C=CC(=C2C=CN(CCCCCCCCCCS)C=C2)C=C1. The van der Waals surface area contributed by atoms with Gasteiger partial charge in [-0.1, -0.05) is 77.6 Å². The van der Waals surface area contributed by atoms with Crippen LogP contribution in [0.2, 0.25) is 0 Å². The van der Waals surface area contributed by atoms with Crippen molar-refractivity contribution in [2.75, 3.05) is 18.8 Å². The maximum atomic E-state index is 4.28. The zero-order valence-corrected chi connectivity index (χ0v) is 20.9. The molecule has 0 saturated heterocycles. The smallest absolute Gasteiger partial charge is 0.0219 e. The number of rotatable bonds is 17. The summed E-state index contributed by atoms with van der Waals surface area (Å²) in [5.41, 5.74) is 2.62. The second kappa shape index (κ2) is 17.2. The van der Waals surface area contributed by atoms with Crippen LogP contribution in [-0.4, -0.2) is 28.6 Å². The molecular formula is C28H46N2S. The van der Waals surface area contributed by atoms with E-state index in [4.69, 9.17) is 0 Å². The van der Waals surface area contributed by atoms with Crippen LogP contribution < -0.4 is 0 Å². The molecule has 0 amide bonds. The monoisotopic (exact) mass is 442 g/mol. The molecule has 0 saturated carbocycles. The summed E-state index contributed by atoms with van der Waals surface area (Å²) >= 11 is 4.28. The van der Waals surface area contributed by atoms with Gasteiger partial charge in [0.05, 0.1) is 0 Å². The maximum absolute atomic E-state index is 4.28. The standard InChI is InChI=1S/C28H46N2S/c1-2-3-4-5-10-13-20-29-22-16-27(17-23-29)28-18-24-30(25-19-28)21-14-11-8-6-7-9-12-15-26-31/h16-19,22-25,31H,2-15,20-21,26H2,1H3. The summed E-state index contributed by atoms with van der Waals surface area (Å²) in [4.78, 5) is 4.66. The fraction of sp³-hybridized carbons (Fsp3) is 0.643. The average Bonchev–Trinajstić information content (AvgIpc) is 2.81. The molecule has 0 N–H and O–H groups in total. The molecule has 0 aromatic carbocycles. The van der Waals surface area contributed by atoms with Gasteiger partial charge in [0.1, 0.15) is 0 Å². The minimum Gasteiger partial charge on any atom is -0.354 e. The van der Waals surface area contributed by atoms with E-state index in [1.165, 1.54) is 101 Å². The number of hydrogen-bond acceptors (Lipinski definition) is 3. The molecule has 2 aliphatic rings. The largest absolute Gasteiger partial charge is 0.354 e. The Kier molecular flexibility index (Phi) is 14.4. The van der Waals surface area contributed by atoms with Crippen LogP contribution in [0.3, 0.4) is 0 Å². The first-order valence-corrected chi connectivity index (χ1v) is 13.6. The lowest BCUT2D eigenvalue weighted by atomic mass is 10.0. The minimum absolute atomic E-state index is 1.04. The summed E-state index contributed by atoms with van der Waals surface area (Å²) in [6, 6.07) is 0. The van der Waals surface area contributed by atoms with E-state index in [1.807, 2.05) is 0 Å². The molecule has 0 aliphatic carbocycles. The normalized spacial score (nSPS) is 15.5. The van der Waals surface area contributed by atoms with E-state index in [0.717, 1.165) is 18.8 Å². The van der Waals surface area contributed by atoms with Gasteiger partial charge in [-0.3, -0.25) is 0 Å². The van der Waals surface area contributed by atoms with Crippen LogP contribution in [0.4, 0.5) is 0 Å². The fourth-order valence-corrected chi connectivity index (χ4v) is 4.36. The van der Waals surface area contributed by atoms with Crippen molar-refractivity contribution < 1.29 is 0 Å². The van der Waals surface area contributed by atoms with E-state index in [2.05, 4.69) is 78.5 Å². The van der Waals surface area contributed by atoms with Crippen molar-refractivity contribution in [3.63, 3.8) is 0 Å². The zero-order valence-electron chi connectivity index (χ0n) is 20.0. The van der Waals surface area contributed by atoms with Gasteiger partial charge in [0.2, 0.25) is 0 Å². The molecule has 0 atom stereocenters. The molecule has 2 aliphatic heterocycles. The van der Waals surface area contributed by atoms with Crippen LogP contribution in [0.25, 0.3) is 0 Å². The highest BCUT2D eigenvalue weighted by Gasteiger charge is 2.07. The molecule has 31 heavy (non-hydrogen) atoms. The molecule has 0 bridgehead atoms. The topological polar surface area (TPSA) is 6.48 Å². The third-order valence-corrected chi connectivity index (χ3v) is 6.53. The van der Waals surface area contributed by atoms with Crippen LogP contribution in [0, 0.1) is 0 Å². The Morgan fingerprint density at radius 1 is 0.516 bits per heavy atom. The van der Waals surface area contributed by atoms with Gasteiger partial charge in [-0.2, -0.15) is 12.6 Å². The van der Waals surface area contributed by atoms with Gasteiger partial charge in [0, 0.05) is 37.9 Å². The molecule has 0 radical (unpaired) electrons. The van der Waals surface area contributed by atoms with Gasteiger partial charge in [0.25, 0.3) is 0 Å². The summed E-state index contributed by atoms with van der Waals surface area (Å²) < 4.78 is 0.